The van der Waals surface area contributed by atoms with E-state index in [9.17, 15) is 28.8 Å². The Morgan fingerprint density at radius 3 is 1.38 bits per heavy atom. The van der Waals surface area contributed by atoms with Gasteiger partial charge in [-0.2, -0.15) is 0 Å². The quantitative estimate of drug-likeness (QED) is 0.152. The second-order valence-electron chi connectivity index (χ2n) is 18.4. The summed E-state index contributed by atoms with van der Waals surface area (Å²) >= 11 is 0. The van der Waals surface area contributed by atoms with Gasteiger partial charge in [-0.1, -0.05) is 41.7 Å². The summed E-state index contributed by atoms with van der Waals surface area (Å²) in [5.74, 6) is 1.64. The maximum atomic E-state index is 11.5. The Bertz CT molecular complexity index is 1680. The van der Waals surface area contributed by atoms with Gasteiger partial charge in [-0.25, -0.2) is 0 Å². The first-order valence-corrected chi connectivity index (χ1v) is 22.4. The van der Waals surface area contributed by atoms with E-state index in [2.05, 4.69) is 52.0 Å². The van der Waals surface area contributed by atoms with E-state index < -0.39 is 0 Å². The van der Waals surface area contributed by atoms with Crippen molar-refractivity contribution in [3.05, 3.63) is 58.2 Å². The SMILES string of the molecule is CC1=CC2OC(=O)C[C@@H]2CC1.CC1=CC2OC(=O)C[C@H]2CC1.CC1=CC2OC(=O)[C@@H](C)[C@@H]2CC1.CC1=CC2OC(=O)[C@H](C)[C@H]2CC1.CCOC(=O)CC1CCC(C)=CC1=O. The Labute approximate surface area is 356 Å². The van der Waals surface area contributed by atoms with Gasteiger partial charge in [0.05, 0.1) is 37.7 Å². The van der Waals surface area contributed by atoms with E-state index in [4.69, 9.17) is 23.7 Å². The molecule has 5 unspecified atom stereocenters. The Morgan fingerprint density at radius 1 is 0.567 bits per heavy atom. The summed E-state index contributed by atoms with van der Waals surface area (Å²) in [4.78, 5) is 66.7. The average molecular weight is 833 g/mol. The molecule has 5 aliphatic carbocycles. The lowest BCUT2D eigenvalue weighted by atomic mass is 9.82. The molecule has 4 saturated heterocycles. The Morgan fingerprint density at radius 2 is 0.967 bits per heavy atom. The lowest BCUT2D eigenvalue weighted by Gasteiger charge is -2.22. The molecule has 11 nitrogen and oxygen atoms in total. The summed E-state index contributed by atoms with van der Waals surface area (Å²) < 4.78 is 25.5. The highest BCUT2D eigenvalue weighted by Gasteiger charge is 2.43. The van der Waals surface area contributed by atoms with Crippen molar-refractivity contribution in [3.63, 3.8) is 0 Å². The van der Waals surface area contributed by atoms with E-state index in [0.717, 1.165) is 69.8 Å². The first-order valence-electron chi connectivity index (χ1n) is 22.4. The average Bonchev–Trinajstić information content (AvgIpc) is 3.91. The second-order valence-corrected chi connectivity index (χ2v) is 18.4. The Hall–Kier alpha value is -4.28. The van der Waals surface area contributed by atoms with Crippen LogP contribution in [0.3, 0.4) is 0 Å². The van der Waals surface area contributed by atoms with Crippen molar-refractivity contribution in [2.24, 2.45) is 41.4 Å². The van der Waals surface area contributed by atoms with Gasteiger partial charge in [0.15, 0.2) is 5.78 Å². The molecule has 0 saturated carbocycles. The third-order valence-electron chi connectivity index (χ3n) is 13.5. The number of hydrogen-bond acceptors (Lipinski definition) is 11. The minimum absolute atomic E-state index is 0.0176. The van der Waals surface area contributed by atoms with E-state index in [1.165, 1.54) is 22.3 Å². The monoisotopic (exact) mass is 832 g/mol. The summed E-state index contributed by atoms with van der Waals surface area (Å²) in [6.45, 7) is 16.4. The standard InChI is InChI=1S/C11H16O3.2C10H14O2.2C9H12O2/c1-3-14-11(13)7-9-5-4-8(2)6-10(9)12;2*1-6-3-4-8-7(2)10(11)12-9(8)5-6;2*1-6-2-3-7-5-9(10)11-8(7)4-6/h6,9H,3-5,7H2,1-2H3;2*5,7-9H,3-4H2,1-2H3;2*4,7-8H,2-3,5H2,1H3/t;2*7-,8-,9?;2*7-,8?/m.1010/s1. The van der Waals surface area contributed by atoms with Gasteiger partial charge in [0, 0.05) is 29.6 Å². The maximum absolute atomic E-state index is 11.5. The van der Waals surface area contributed by atoms with Gasteiger partial charge in [-0.05, 0) is 136 Å². The van der Waals surface area contributed by atoms with Crippen LogP contribution in [0.5, 0.6) is 0 Å². The molecule has 0 spiro atoms. The molecule has 0 radical (unpaired) electrons. The molecule has 11 heteroatoms. The maximum Gasteiger partial charge on any atom is 0.309 e. The molecule has 0 N–H and O–H groups in total. The van der Waals surface area contributed by atoms with Crippen LogP contribution in [-0.4, -0.2) is 66.7 Å². The van der Waals surface area contributed by atoms with Gasteiger partial charge in [-0.3, -0.25) is 28.8 Å². The minimum atomic E-state index is -0.265. The van der Waals surface area contributed by atoms with Gasteiger partial charge in [0.1, 0.15) is 24.4 Å². The lowest BCUT2D eigenvalue weighted by molar-refractivity contribution is -0.146. The summed E-state index contributed by atoms with van der Waals surface area (Å²) in [5, 5.41) is 0. The van der Waals surface area contributed by atoms with Crippen LogP contribution < -0.4 is 0 Å². The van der Waals surface area contributed by atoms with Gasteiger partial charge < -0.3 is 23.7 Å². The largest absolute Gasteiger partial charge is 0.466 e. The van der Waals surface area contributed by atoms with Crippen LogP contribution in [0.2, 0.25) is 0 Å². The lowest BCUT2D eigenvalue weighted by Crippen LogP contribution is -2.21. The first kappa shape index (κ1) is 46.8. The normalized spacial score (nSPS) is 34.4. The molecule has 4 aliphatic heterocycles. The molecule has 11 atom stereocenters. The summed E-state index contributed by atoms with van der Waals surface area (Å²) in [6, 6.07) is 0. The molecule has 9 rings (SSSR count). The van der Waals surface area contributed by atoms with Crippen LogP contribution in [0.1, 0.15) is 139 Å². The molecular weight excluding hydrogens is 765 g/mol. The molecule has 0 aromatic carbocycles. The topological polar surface area (TPSA) is 149 Å². The van der Waals surface area contributed by atoms with Gasteiger partial charge >= 0.3 is 29.8 Å². The Balaban J connectivity index is 0.000000142. The molecule has 60 heavy (non-hydrogen) atoms. The number of carbonyl (C=O) groups excluding carboxylic acids is 6. The highest BCUT2D eigenvalue weighted by Crippen LogP contribution is 2.39. The summed E-state index contributed by atoms with van der Waals surface area (Å²) in [7, 11) is 0. The fourth-order valence-corrected chi connectivity index (χ4v) is 9.52. The predicted octanol–water partition coefficient (Wildman–Crippen LogP) is 8.99. The zero-order valence-electron chi connectivity index (χ0n) is 37.1. The molecule has 330 valence electrons. The number of allylic oxidation sites excluding steroid dienone is 6. The second kappa shape index (κ2) is 21.5. The van der Waals surface area contributed by atoms with Crippen LogP contribution in [0.15, 0.2) is 58.2 Å². The van der Waals surface area contributed by atoms with E-state index >= 15 is 0 Å². The number of ether oxygens (including phenoxy) is 5. The fraction of sp³-hybridized carbons (Fsp3) is 0.673. The number of rotatable bonds is 3. The van der Waals surface area contributed by atoms with Crippen LogP contribution >= 0.6 is 0 Å². The van der Waals surface area contributed by atoms with Crippen molar-refractivity contribution in [2.45, 2.75) is 163 Å². The van der Waals surface area contributed by atoms with Crippen molar-refractivity contribution in [3.8, 4) is 0 Å². The van der Waals surface area contributed by atoms with Crippen molar-refractivity contribution < 1.29 is 52.5 Å². The summed E-state index contributed by atoms with van der Waals surface area (Å²) in [6.07, 6.45) is 22.6. The molecular formula is C49H68O11. The molecule has 0 amide bonds. The zero-order valence-corrected chi connectivity index (χ0v) is 37.1. The van der Waals surface area contributed by atoms with Crippen LogP contribution in [0.25, 0.3) is 0 Å². The highest BCUT2D eigenvalue weighted by molar-refractivity contribution is 5.95. The molecule has 9 aliphatic rings. The fourth-order valence-electron chi connectivity index (χ4n) is 9.52. The molecule has 0 aromatic heterocycles. The smallest absolute Gasteiger partial charge is 0.309 e. The number of carbonyl (C=O) groups is 6. The summed E-state index contributed by atoms with van der Waals surface area (Å²) in [5.41, 5.74) is 6.55. The third kappa shape index (κ3) is 12.9. The van der Waals surface area contributed by atoms with Crippen molar-refractivity contribution in [2.75, 3.05) is 6.61 Å². The molecule has 0 bridgehead atoms. The van der Waals surface area contributed by atoms with E-state index in [-0.39, 0.29) is 84.2 Å². The predicted molar refractivity (Wildman–Crippen MR) is 226 cm³/mol. The number of hydrogen-bond donors (Lipinski definition) is 0. The van der Waals surface area contributed by atoms with Crippen LogP contribution in [0, 0.1) is 41.4 Å². The van der Waals surface area contributed by atoms with Crippen molar-refractivity contribution >= 4 is 35.6 Å². The zero-order chi connectivity index (χ0) is 43.7. The van der Waals surface area contributed by atoms with Crippen LogP contribution in [0.4, 0.5) is 0 Å². The third-order valence-corrected chi connectivity index (χ3v) is 13.5. The molecule has 4 fully saturated rings. The van der Waals surface area contributed by atoms with E-state index in [1.807, 2.05) is 20.8 Å². The number of esters is 5. The van der Waals surface area contributed by atoms with E-state index in [0.29, 0.717) is 43.1 Å². The van der Waals surface area contributed by atoms with Gasteiger partial charge in [0.2, 0.25) is 0 Å². The first-order chi connectivity index (χ1) is 28.5. The molecule has 4 heterocycles. The van der Waals surface area contributed by atoms with Crippen LogP contribution in [-0.2, 0) is 52.5 Å². The van der Waals surface area contributed by atoms with Crippen molar-refractivity contribution in [1.82, 2.24) is 0 Å². The van der Waals surface area contributed by atoms with Gasteiger partial charge in [-0.15, -0.1) is 0 Å². The van der Waals surface area contributed by atoms with Crippen molar-refractivity contribution in [1.29, 1.82) is 0 Å². The molecule has 0 aromatic rings. The number of fused-ring (bicyclic) bond motifs is 4. The number of ketones is 1. The van der Waals surface area contributed by atoms with Gasteiger partial charge in [0.25, 0.3) is 0 Å². The minimum Gasteiger partial charge on any atom is -0.466 e. The Kier molecular flexibility index (Phi) is 16.8. The van der Waals surface area contributed by atoms with E-state index in [1.54, 1.807) is 13.0 Å². The highest BCUT2D eigenvalue weighted by atomic mass is 16.6.